The van der Waals surface area contributed by atoms with Gasteiger partial charge in [0.15, 0.2) is 4.34 Å². The first-order valence-electron chi connectivity index (χ1n) is 5.74. The molecule has 1 unspecified atom stereocenters. The molecule has 0 saturated heterocycles. The van der Waals surface area contributed by atoms with Crippen LogP contribution < -0.4 is 11.1 Å². The van der Waals surface area contributed by atoms with E-state index in [2.05, 4.69) is 15.5 Å². The Kier molecular flexibility index (Phi) is 6.94. The van der Waals surface area contributed by atoms with E-state index in [-0.39, 0.29) is 24.2 Å². The van der Waals surface area contributed by atoms with Crippen molar-refractivity contribution in [2.24, 2.45) is 11.7 Å². The Hall–Kier alpha value is -1.15. The fourth-order valence-electron chi connectivity index (χ4n) is 1.29. The maximum absolute atomic E-state index is 11.7. The average molecular weight is 331 g/mol. The quantitative estimate of drug-likeness (QED) is 0.880. The predicted octanol–water partition coefficient (Wildman–Crippen LogP) is 2.64. The summed E-state index contributed by atoms with van der Waals surface area (Å²) in [6.07, 6.45) is 0. The van der Waals surface area contributed by atoms with E-state index < -0.39 is 0 Å². The Bertz CT molecular complexity index is 533. The number of nitrogens with two attached hydrogens (primary N) is 1. The molecule has 0 spiro atoms. The van der Waals surface area contributed by atoms with E-state index in [0.29, 0.717) is 6.54 Å². The van der Waals surface area contributed by atoms with Crippen molar-refractivity contribution in [2.75, 3.05) is 11.9 Å². The largest absolute Gasteiger partial charge is 0.330 e. The molecule has 0 aliphatic rings. The summed E-state index contributed by atoms with van der Waals surface area (Å²) in [6, 6.07) is 7.61. The molecule has 0 saturated carbocycles. The summed E-state index contributed by atoms with van der Waals surface area (Å²) in [5, 5.41) is 10.6. The van der Waals surface area contributed by atoms with Crippen molar-refractivity contribution in [1.29, 1.82) is 0 Å². The monoisotopic (exact) mass is 330 g/mol. The van der Waals surface area contributed by atoms with Gasteiger partial charge in [0, 0.05) is 23.0 Å². The second-order valence-electron chi connectivity index (χ2n) is 3.96. The predicted molar refractivity (Wildman–Crippen MR) is 84.6 cm³/mol. The first kappa shape index (κ1) is 16.9. The van der Waals surface area contributed by atoms with Crippen LogP contribution in [0.5, 0.6) is 0 Å². The third-order valence-corrected chi connectivity index (χ3v) is 4.25. The third-order valence-electron chi connectivity index (χ3n) is 2.47. The lowest BCUT2D eigenvalue weighted by atomic mass is 10.1. The number of halogens is 1. The van der Waals surface area contributed by atoms with Crippen LogP contribution in [-0.2, 0) is 4.79 Å². The van der Waals surface area contributed by atoms with E-state index in [1.807, 2.05) is 24.3 Å². The van der Waals surface area contributed by atoms with Crippen molar-refractivity contribution in [2.45, 2.75) is 16.2 Å². The van der Waals surface area contributed by atoms with Gasteiger partial charge in [0.25, 0.3) is 0 Å². The van der Waals surface area contributed by atoms with Gasteiger partial charge in [-0.3, -0.25) is 4.79 Å². The number of benzene rings is 1. The minimum Gasteiger partial charge on any atom is -0.330 e. The highest BCUT2D eigenvalue weighted by Crippen LogP contribution is 2.29. The summed E-state index contributed by atoms with van der Waals surface area (Å²) < 4.78 is 0.897. The zero-order valence-corrected chi connectivity index (χ0v) is 13.2. The van der Waals surface area contributed by atoms with Crippen molar-refractivity contribution in [3.63, 3.8) is 0 Å². The van der Waals surface area contributed by atoms with E-state index in [9.17, 15) is 4.79 Å². The summed E-state index contributed by atoms with van der Waals surface area (Å²) in [7, 11) is 0. The molecule has 8 heteroatoms. The van der Waals surface area contributed by atoms with Crippen LogP contribution in [0.1, 0.15) is 6.92 Å². The minimum atomic E-state index is -0.185. The Morgan fingerprint density at radius 2 is 2.15 bits per heavy atom. The number of aromatic nitrogens is 2. The van der Waals surface area contributed by atoms with Crippen molar-refractivity contribution >= 4 is 47.1 Å². The number of carbonyl (C=O) groups is 1. The van der Waals surface area contributed by atoms with E-state index in [0.717, 1.165) is 14.9 Å². The molecule has 3 N–H and O–H groups in total. The number of rotatable bonds is 5. The highest BCUT2D eigenvalue weighted by Gasteiger charge is 2.10. The molecule has 2 aromatic rings. The summed E-state index contributed by atoms with van der Waals surface area (Å²) in [5.41, 5.74) is 7.92. The summed E-state index contributed by atoms with van der Waals surface area (Å²) in [4.78, 5) is 12.7. The van der Waals surface area contributed by atoms with Gasteiger partial charge < -0.3 is 11.1 Å². The molecule has 1 atom stereocenters. The average Bonchev–Trinajstić information content (AvgIpc) is 2.93. The van der Waals surface area contributed by atoms with E-state index in [1.54, 1.807) is 24.2 Å². The van der Waals surface area contributed by atoms with Crippen molar-refractivity contribution < 1.29 is 4.79 Å². The van der Waals surface area contributed by atoms with E-state index in [4.69, 9.17) is 5.73 Å². The number of hydrogen-bond acceptors (Lipinski definition) is 6. The van der Waals surface area contributed by atoms with Crippen LogP contribution in [0, 0.1) is 5.92 Å². The summed E-state index contributed by atoms with van der Waals surface area (Å²) in [5.74, 6) is -0.248. The van der Waals surface area contributed by atoms with Crippen molar-refractivity contribution in [3.05, 3.63) is 29.8 Å². The van der Waals surface area contributed by atoms with E-state index >= 15 is 0 Å². The van der Waals surface area contributed by atoms with Gasteiger partial charge in [0.1, 0.15) is 5.51 Å². The first-order valence-corrected chi connectivity index (χ1v) is 7.43. The molecule has 1 aromatic heterocycles. The Labute approximate surface area is 131 Å². The Balaban J connectivity index is 0.00000200. The van der Waals surface area contributed by atoms with Gasteiger partial charge in [-0.1, -0.05) is 30.0 Å². The number of nitrogens with zero attached hydrogens (tertiary/aromatic N) is 2. The van der Waals surface area contributed by atoms with Crippen LogP contribution in [0.2, 0.25) is 0 Å². The summed E-state index contributed by atoms with van der Waals surface area (Å²) in [6.45, 7) is 2.14. The molecule has 0 radical (unpaired) electrons. The second-order valence-corrected chi connectivity index (χ2v) is 6.11. The van der Waals surface area contributed by atoms with Crippen LogP contribution in [0.3, 0.4) is 0 Å². The van der Waals surface area contributed by atoms with Crippen LogP contribution in [0.15, 0.2) is 39.0 Å². The van der Waals surface area contributed by atoms with Crippen LogP contribution in [-0.4, -0.2) is 22.6 Å². The van der Waals surface area contributed by atoms with Crippen molar-refractivity contribution in [3.8, 4) is 0 Å². The molecule has 2 rings (SSSR count). The molecule has 0 aliphatic heterocycles. The number of anilines is 1. The number of nitrogens with one attached hydrogen (secondary N) is 1. The topological polar surface area (TPSA) is 80.9 Å². The maximum Gasteiger partial charge on any atom is 0.228 e. The Morgan fingerprint density at radius 1 is 1.45 bits per heavy atom. The molecule has 0 fully saturated rings. The third kappa shape index (κ3) is 4.75. The Morgan fingerprint density at radius 3 is 2.70 bits per heavy atom. The molecule has 0 bridgehead atoms. The van der Waals surface area contributed by atoms with Crippen molar-refractivity contribution in [1.82, 2.24) is 10.2 Å². The minimum absolute atomic E-state index is 0. The lowest BCUT2D eigenvalue weighted by molar-refractivity contribution is -0.119. The molecule has 108 valence electrons. The molecule has 1 heterocycles. The normalized spacial score (nSPS) is 11.5. The zero-order chi connectivity index (χ0) is 13.7. The second kappa shape index (κ2) is 8.21. The van der Waals surface area contributed by atoms with Gasteiger partial charge in [-0.25, -0.2) is 0 Å². The van der Waals surface area contributed by atoms with Gasteiger partial charge in [-0.05, 0) is 24.3 Å². The van der Waals surface area contributed by atoms with Gasteiger partial charge in [-0.2, -0.15) is 0 Å². The van der Waals surface area contributed by atoms with Gasteiger partial charge in [-0.15, -0.1) is 22.6 Å². The molecule has 20 heavy (non-hydrogen) atoms. The lowest BCUT2D eigenvalue weighted by Gasteiger charge is -2.10. The van der Waals surface area contributed by atoms with Gasteiger partial charge in [0.05, 0.1) is 0 Å². The SMILES string of the molecule is CC(CN)C(=O)Nc1ccc(Sc2nncs2)cc1.Cl. The number of amides is 1. The highest BCUT2D eigenvalue weighted by molar-refractivity contribution is 8.01. The van der Waals surface area contributed by atoms with Crippen LogP contribution >= 0.6 is 35.5 Å². The lowest BCUT2D eigenvalue weighted by Crippen LogP contribution is -2.26. The van der Waals surface area contributed by atoms with E-state index in [1.165, 1.54) is 11.3 Å². The van der Waals surface area contributed by atoms with Crippen LogP contribution in [0.4, 0.5) is 5.69 Å². The molecule has 5 nitrogen and oxygen atoms in total. The number of carbonyl (C=O) groups excluding carboxylic acids is 1. The molecular weight excluding hydrogens is 316 g/mol. The highest BCUT2D eigenvalue weighted by atomic mass is 35.5. The maximum atomic E-state index is 11.7. The molecular formula is C12H15ClN4OS2. The first-order chi connectivity index (χ1) is 9.19. The number of hydrogen-bond donors (Lipinski definition) is 2. The smallest absolute Gasteiger partial charge is 0.228 e. The molecule has 1 amide bonds. The zero-order valence-electron chi connectivity index (χ0n) is 10.8. The summed E-state index contributed by atoms with van der Waals surface area (Å²) >= 11 is 3.04. The standard InChI is InChI=1S/C12H14N4OS2.ClH/c1-8(6-13)11(17)15-9-2-4-10(5-3-9)19-12-16-14-7-18-12;/h2-5,7-8H,6,13H2,1H3,(H,15,17);1H. The van der Waals surface area contributed by atoms with Gasteiger partial charge >= 0.3 is 0 Å². The van der Waals surface area contributed by atoms with Gasteiger partial charge in [0.2, 0.25) is 5.91 Å². The van der Waals surface area contributed by atoms with Crippen LogP contribution in [0.25, 0.3) is 0 Å². The molecule has 0 aliphatic carbocycles. The molecule has 1 aromatic carbocycles. The fraction of sp³-hybridized carbons (Fsp3) is 0.250. The fourth-order valence-corrected chi connectivity index (χ4v) is 2.74.